The Labute approximate surface area is 184 Å². The number of carbonyl (C=O) groups is 1. The van der Waals surface area contributed by atoms with Crippen molar-refractivity contribution in [2.75, 3.05) is 33.3 Å². The number of carbonyl (C=O) groups excluding carboxylic acids is 1. The van der Waals surface area contributed by atoms with Gasteiger partial charge in [0, 0.05) is 12.1 Å². The summed E-state index contributed by atoms with van der Waals surface area (Å²) in [4.78, 5) is 15.0. The Hall–Kier alpha value is -3.39. The Bertz CT molecular complexity index is 1070. The van der Waals surface area contributed by atoms with Crippen LogP contribution in [0.4, 0.5) is 5.69 Å². The van der Waals surface area contributed by atoms with Crippen LogP contribution in [-0.2, 0) is 4.79 Å². The lowest BCUT2D eigenvalue weighted by atomic mass is 9.78. The summed E-state index contributed by atoms with van der Waals surface area (Å²) in [6, 6.07) is 10.3. The number of phenols is 1. The predicted octanol–water partition coefficient (Wildman–Crippen LogP) is 4.36. The van der Waals surface area contributed by atoms with Gasteiger partial charge < -0.3 is 29.0 Å². The van der Waals surface area contributed by atoms with Crippen molar-refractivity contribution in [2.24, 2.45) is 0 Å². The van der Waals surface area contributed by atoms with Crippen molar-refractivity contribution in [3.63, 3.8) is 0 Å². The van der Waals surface area contributed by atoms with Gasteiger partial charge in [-0.2, -0.15) is 11.3 Å². The number of amides is 1. The number of anilines is 1. The third-order valence-electron chi connectivity index (χ3n) is 5.47. The highest BCUT2D eigenvalue weighted by Crippen LogP contribution is 2.52. The molecule has 1 amide bonds. The van der Waals surface area contributed by atoms with Crippen LogP contribution < -0.4 is 23.8 Å². The van der Waals surface area contributed by atoms with E-state index in [1.807, 2.05) is 22.9 Å². The second kappa shape index (κ2) is 8.39. The van der Waals surface area contributed by atoms with E-state index in [0.29, 0.717) is 28.7 Å². The number of thiophene rings is 1. The maximum Gasteiger partial charge on any atom is 0.237 e. The molecule has 1 saturated heterocycles. The lowest BCUT2D eigenvalue weighted by Gasteiger charge is -2.47. The fraction of sp³-hybridized carbons (Fsp3) is 0.261. The number of hydrogen-bond acceptors (Lipinski definition) is 7. The van der Waals surface area contributed by atoms with Crippen molar-refractivity contribution in [1.82, 2.24) is 0 Å². The standard InChI is InChI=1S/C23H23NO6S/c1-27-17-6-5-13(9-16(17)25)21-20(14-7-8-31-12-14)23(26)24(21)15-10-18(28-2)22(30-4)19(11-15)29-3/h5-12,20-21,25H,1-4H3. The summed E-state index contributed by atoms with van der Waals surface area (Å²) in [6.45, 7) is 0. The molecule has 2 unspecified atom stereocenters. The van der Waals surface area contributed by atoms with Gasteiger partial charge in [-0.3, -0.25) is 4.79 Å². The van der Waals surface area contributed by atoms with Gasteiger partial charge in [0.1, 0.15) is 0 Å². The first kappa shape index (κ1) is 20.9. The lowest BCUT2D eigenvalue weighted by molar-refractivity contribution is -0.126. The number of phenolic OH excluding ortho intramolecular Hbond substituents is 1. The number of ether oxygens (including phenoxy) is 4. The zero-order valence-electron chi connectivity index (χ0n) is 17.6. The molecular weight excluding hydrogens is 418 g/mol. The Morgan fingerprint density at radius 2 is 1.55 bits per heavy atom. The quantitative estimate of drug-likeness (QED) is 0.549. The molecule has 1 aliphatic heterocycles. The monoisotopic (exact) mass is 441 g/mol. The minimum Gasteiger partial charge on any atom is -0.504 e. The largest absolute Gasteiger partial charge is 0.504 e. The maximum atomic E-state index is 13.3. The van der Waals surface area contributed by atoms with Crippen LogP contribution >= 0.6 is 11.3 Å². The molecule has 1 fully saturated rings. The van der Waals surface area contributed by atoms with Crippen LogP contribution in [0.2, 0.25) is 0 Å². The second-order valence-corrected chi connectivity index (χ2v) is 7.78. The average Bonchev–Trinajstić information content (AvgIpc) is 3.30. The van der Waals surface area contributed by atoms with Gasteiger partial charge in [0.25, 0.3) is 0 Å². The normalized spacial score (nSPS) is 17.8. The average molecular weight is 442 g/mol. The van der Waals surface area contributed by atoms with Crippen LogP contribution in [0.15, 0.2) is 47.2 Å². The topological polar surface area (TPSA) is 77.5 Å². The molecule has 162 valence electrons. The van der Waals surface area contributed by atoms with E-state index >= 15 is 0 Å². The van der Waals surface area contributed by atoms with Crippen molar-refractivity contribution < 1.29 is 28.8 Å². The number of rotatable bonds is 7. The van der Waals surface area contributed by atoms with Crippen molar-refractivity contribution in [2.45, 2.75) is 12.0 Å². The van der Waals surface area contributed by atoms with E-state index in [1.165, 1.54) is 28.4 Å². The Morgan fingerprint density at radius 3 is 2.06 bits per heavy atom. The summed E-state index contributed by atoms with van der Waals surface area (Å²) >= 11 is 1.54. The molecule has 0 saturated carbocycles. The first-order valence-corrected chi connectivity index (χ1v) is 10.5. The molecule has 7 nitrogen and oxygen atoms in total. The Morgan fingerprint density at radius 1 is 0.871 bits per heavy atom. The van der Waals surface area contributed by atoms with Crippen molar-refractivity contribution >= 4 is 22.9 Å². The number of hydrogen-bond donors (Lipinski definition) is 1. The highest BCUT2D eigenvalue weighted by atomic mass is 32.1. The molecule has 8 heteroatoms. The van der Waals surface area contributed by atoms with E-state index < -0.39 is 0 Å². The molecule has 1 aromatic heterocycles. The molecule has 3 aromatic rings. The molecule has 0 aliphatic carbocycles. The zero-order valence-corrected chi connectivity index (χ0v) is 18.4. The molecule has 1 N–H and O–H groups in total. The number of methoxy groups -OCH3 is 4. The molecule has 0 bridgehead atoms. The van der Waals surface area contributed by atoms with E-state index in [4.69, 9.17) is 18.9 Å². The van der Waals surface area contributed by atoms with Crippen LogP contribution in [0.3, 0.4) is 0 Å². The third-order valence-corrected chi connectivity index (χ3v) is 6.17. The smallest absolute Gasteiger partial charge is 0.237 e. The van der Waals surface area contributed by atoms with E-state index in [-0.39, 0.29) is 23.6 Å². The molecule has 1 aliphatic rings. The van der Waals surface area contributed by atoms with E-state index in [1.54, 1.807) is 40.5 Å². The summed E-state index contributed by atoms with van der Waals surface area (Å²) in [5.74, 6) is 1.36. The fourth-order valence-corrected chi connectivity index (χ4v) is 4.69. The molecule has 31 heavy (non-hydrogen) atoms. The zero-order chi connectivity index (χ0) is 22.1. The van der Waals surface area contributed by atoms with E-state index in [0.717, 1.165) is 11.1 Å². The molecule has 0 spiro atoms. The van der Waals surface area contributed by atoms with Gasteiger partial charge in [-0.05, 0) is 40.1 Å². The highest BCUT2D eigenvalue weighted by Gasteiger charge is 2.50. The molecule has 2 heterocycles. The molecule has 4 rings (SSSR count). The Kier molecular flexibility index (Phi) is 5.65. The van der Waals surface area contributed by atoms with Gasteiger partial charge in [-0.1, -0.05) is 6.07 Å². The summed E-state index contributed by atoms with van der Waals surface area (Å²) in [5, 5.41) is 14.3. The number of aromatic hydroxyl groups is 1. The first-order chi connectivity index (χ1) is 15.0. The van der Waals surface area contributed by atoms with Crippen molar-refractivity contribution in [3.05, 3.63) is 58.3 Å². The van der Waals surface area contributed by atoms with Crippen LogP contribution in [-0.4, -0.2) is 39.5 Å². The summed E-state index contributed by atoms with van der Waals surface area (Å²) in [5.41, 5.74) is 2.35. The van der Waals surface area contributed by atoms with Gasteiger partial charge in [0.2, 0.25) is 11.7 Å². The minimum atomic E-state index is -0.363. The van der Waals surface area contributed by atoms with Gasteiger partial charge in [-0.15, -0.1) is 0 Å². The fourth-order valence-electron chi connectivity index (χ4n) is 3.99. The minimum absolute atomic E-state index is 0.0215. The van der Waals surface area contributed by atoms with Crippen LogP contribution in [0, 0.1) is 0 Å². The Balaban J connectivity index is 1.83. The maximum absolute atomic E-state index is 13.3. The molecular formula is C23H23NO6S. The third kappa shape index (κ3) is 3.42. The van der Waals surface area contributed by atoms with Gasteiger partial charge >= 0.3 is 0 Å². The number of nitrogens with zero attached hydrogens (tertiary/aromatic N) is 1. The highest BCUT2D eigenvalue weighted by molar-refractivity contribution is 7.08. The second-order valence-electron chi connectivity index (χ2n) is 7.00. The SMILES string of the molecule is COc1ccc(C2C(c3ccsc3)C(=O)N2c2cc(OC)c(OC)c(OC)c2)cc1O. The van der Waals surface area contributed by atoms with E-state index in [9.17, 15) is 9.90 Å². The van der Waals surface area contributed by atoms with Crippen LogP contribution in [0.1, 0.15) is 23.1 Å². The summed E-state index contributed by atoms with van der Waals surface area (Å²) < 4.78 is 21.5. The van der Waals surface area contributed by atoms with Gasteiger partial charge in [0.05, 0.1) is 46.1 Å². The predicted molar refractivity (Wildman–Crippen MR) is 118 cm³/mol. The summed E-state index contributed by atoms with van der Waals surface area (Å²) in [6.07, 6.45) is 0. The molecule has 2 atom stereocenters. The van der Waals surface area contributed by atoms with Crippen LogP contribution in [0.25, 0.3) is 0 Å². The molecule has 2 aromatic carbocycles. The van der Waals surface area contributed by atoms with Gasteiger partial charge in [-0.25, -0.2) is 0 Å². The molecule has 0 radical (unpaired) electrons. The van der Waals surface area contributed by atoms with Crippen molar-refractivity contribution in [1.29, 1.82) is 0 Å². The van der Waals surface area contributed by atoms with Gasteiger partial charge in [0.15, 0.2) is 23.0 Å². The lowest BCUT2D eigenvalue weighted by Crippen LogP contribution is -2.53. The van der Waals surface area contributed by atoms with Crippen LogP contribution in [0.5, 0.6) is 28.7 Å². The number of benzene rings is 2. The first-order valence-electron chi connectivity index (χ1n) is 9.56. The summed E-state index contributed by atoms with van der Waals surface area (Å²) in [7, 11) is 6.10. The van der Waals surface area contributed by atoms with E-state index in [2.05, 4.69) is 0 Å². The number of β-lactam (4-membered cyclic amide) rings is 1. The van der Waals surface area contributed by atoms with Crippen molar-refractivity contribution in [3.8, 4) is 28.7 Å².